The molecular weight excluding hydrogens is 280 g/mol. The summed E-state index contributed by atoms with van der Waals surface area (Å²) in [5.74, 6) is -0.269. The molecule has 0 radical (unpaired) electrons. The van der Waals surface area contributed by atoms with E-state index in [1.54, 1.807) is 12.1 Å². The highest BCUT2D eigenvalue weighted by Crippen LogP contribution is 2.26. The van der Waals surface area contributed by atoms with Crippen molar-refractivity contribution in [2.45, 2.75) is 12.8 Å². The summed E-state index contributed by atoms with van der Waals surface area (Å²) < 4.78 is 4.57. The van der Waals surface area contributed by atoms with Gasteiger partial charge in [0.1, 0.15) is 5.01 Å². The number of ether oxygens (including phenoxy) is 1. The Kier molecular flexibility index (Phi) is 4.41. The van der Waals surface area contributed by atoms with Gasteiger partial charge in [-0.25, -0.2) is 4.98 Å². The van der Waals surface area contributed by atoms with Crippen molar-refractivity contribution in [3.05, 3.63) is 45.5 Å². The molecule has 0 aliphatic rings. The first kappa shape index (κ1) is 14.1. The molecule has 0 amide bonds. The fourth-order valence-corrected chi connectivity index (χ4v) is 2.47. The first-order chi connectivity index (χ1) is 9.60. The van der Waals surface area contributed by atoms with Crippen LogP contribution in [-0.2, 0) is 16.0 Å². The van der Waals surface area contributed by atoms with E-state index in [4.69, 9.17) is 0 Å². The molecule has 0 saturated heterocycles. The maximum Gasteiger partial charge on any atom is 0.305 e. The first-order valence-electron chi connectivity index (χ1n) is 5.86. The van der Waals surface area contributed by atoms with Crippen LogP contribution >= 0.6 is 11.3 Å². The minimum Gasteiger partial charge on any atom is -0.469 e. The van der Waals surface area contributed by atoms with Crippen molar-refractivity contribution < 1.29 is 14.5 Å². The van der Waals surface area contributed by atoms with E-state index in [0.29, 0.717) is 12.8 Å². The summed E-state index contributed by atoms with van der Waals surface area (Å²) in [5, 5.41) is 13.2. The molecule has 0 bridgehead atoms. The molecule has 104 valence electrons. The predicted molar refractivity (Wildman–Crippen MR) is 74.5 cm³/mol. The van der Waals surface area contributed by atoms with E-state index >= 15 is 0 Å². The van der Waals surface area contributed by atoms with Crippen LogP contribution in [0.2, 0.25) is 0 Å². The van der Waals surface area contributed by atoms with Gasteiger partial charge in [0.25, 0.3) is 5.69 Å². The molecule has 0 unspecified atom stereocenters. The van der Waals surface area contributed by atoms with Crippen LogP contribution in [0.5, 0.6) is 0 Å². The maximum absolute atomic E-state index is 11.1. The van der Waals surface area contributed by atoms with Crippen molar-refractivity contribution >= 4 is 23.0 Å². The molecule has 0 atom stereocenters. The Morgan fingerprint density at radius 1 is 1.40 bits per heavy atom. The summed E-state index contributed by atoms with van der Waals surface area (Å²) >= 11 is 1.44. The lowest BCUT2D eigenvalue weighted by Gasteiger charge is -1.97. The van der Waals surface area contributed by atoms with Gasteiger partial charge < -0.3 is 4.74 Å². The molecule has 0 N–H and O–H groups in total. The largest absolute Gasteiger partial charge is 0.469 e. The van der Waals surface area contributed by atoms with Gasteiger partial charge >= 0.3 is 5.97 Å². The van der Waals surface area contributed by atoms with Gasteiger partial charge in [-0.2, -0.15) is 0 Å². The number of non-ortho nitro benzene ring substituents is 1. The van der Waals surface area contributed by atoms with Crippen molar-refractivity contribution in [1.29, 1.82) is 0 Å². The molecule has 0 spiro atoms. The molecule has 7 heteroatoms. The third-order valence-corrected chi connectivity index (χ3v) is 3.63. The van der Waals surface area contributed by atoms with Crippen molar-refractivity contribution in [1.82, 2.24) is 4.98 Å². The fraction of sp³-hybridized carbons (Fsp3) is 0.231. The van der Waals surface area contributed by atoms with Gasteiger partial charge in [0.15, 0.2) is 0 Å². The number of nitrogens with zero attached hydrogens (tertiary/aromatic N) is 2. The number of nitro benzene ring substituents is 1. The van der Waals surface area contributed by atoms with E-state index in [2.05, 4.69) is 9.72 Å². The van der Waals surface area contributed by atoms with Crippen LogP contribution in [-0.4, -0.2) is 23.0 Å². The Morgan fingerprint density at radius 2 is 2.10 bits per heavy atom. The number of rotatable bonds is 5. The highest BCUT2D eigenvalue weighted by molar-refractivity contribution is 7.13. The Balaban J connectivity index is 2.08. The standard InChI is InChI=1S/C13H12N2O4S/c1-19-12(16)7-4-10-8-20-13(14-10)9-2-5-11(6-3-9)15(17)18/h2-3,5-6,8H,4,7H2,1H3. The Labute approximate surface area is 119 Å². The second-order valence-electron chi connectivity index (χ2n) is 4.02. The smallest absolute Gasteiger partial charge is 0.305 e. The number of carbonyl (C=O) groups is 1. The van der Waals surface area contributed by atoms with Gasteiger partial charge in [0.2, 0.25) is 0 Å². The van der Waals surface area contributed by atoms with Crippen molar-refractivity contribution in [2.24, 2.45) is 0 Å². The van der Waals surface area contributed by atoms with Gasteiger partial charge in [0.05, 0.1) is 24.1 Å². The number of benzene rings is 1. The van der Waals surface area contributed by atoms with Crippen LogP contribution in [0.4, 0.5) is 5.69 Å². The number of thiazole rings is 1. The highest BCUT2D eigenvalue weighted by Gasteiger charge is 2.09. The van der Waals surface area contributed by atoms with E-state index in [9.17, 15) is 14.9 Å². The van der Waals surface area contributed by atoms with Gasteiger partial charge in [-0.3, -0.25) is 14.9 Å². The number of hydrogen-bond donors (Lipinski definition) is 0. The fourth-order valence-electron chi connectivity index (χ4n) is 1.61. The minimum atomic E-state index is -0.437. The summed E-state index contributed by atoms with van der Waals surface area (Å²) in [7, 11) is 1.35. The molecule has 0 aliphatic heterocycles. The number of esters is 1. The topological polar surface area (TPSA) is 82.3 Å². The Morgan fingerprint density at radius 3 is 2.70 bits per heavy atom. The lowest BCUT2D eigenvalue weighted by molar-refractivity contribution is -0.384. The van der Waals surface area contributed by atoms with Crippen molar-refractivity contribution in [3.63, 3.8) is 0 Å². The quantitative estimate of drug-likeness (QED) is 0.481. The molecule has 1 aromatic carbocycles. The average molecular weight is 292 g/mol. The molecule has 1 heterocycles. The molecule has 2 aromatic rings. The summed E-state index contributed by atoms with van der Waals surface area (Å²) in [4.78, 5) is 25.6. The number of hydrogen-bond acceptors (Lipinski definition) is 6. The SMILES string of the molecule is COC(=O)CCc1csc(-c2ccc([N+](=O)[O-])cc2)n1. The number of aryl methyl sites for hydroxylation is 1. The van der Waals surface area contributed by atoms with Crippen molar-refractivity contribution in [2.75, 3.05) is 7.11 Å². The van der Waals surface area contributed by atoms with E-state index in [1.165, 1.54) is 30.6 Å². The number of aromatic nitrogens is 1. The second kappa shape index (κ2) is 6.25. The number of carbonyl (C=O) groups excluding carboxylic acids is 1. The third kappa shape index (κ3) is 3.39. The molecule has 0 saturated carbocycles. The Bertz CT molecular complexity index is 622. The number of nitro groups is 1. The van der Waals surface area contributed by atoms with Crippen LogP contribution in [0.1, 0.15) is 12.1 Å². The van der Waals surface area contributed by atoms with Crippen LogP contribution in [0.25, 0.3) is 10.6 Å². The molecule has 6 nitrogen and oxygen atoms in total. The summed E-state index contributed by atoms with van der Waals surface area (Å²) in [5.41, 5.74) is 1.69. The second-order valence-corrected chi connectivity index (χ2v) is 4.88. The van der Waals surface area contributed by atoms with Gasteiger partial charge in [0, 0.05) is 29.5 Å². The molecule has 1 aromatic heterocycles. The summed E-state index contributed by atoms with van der Waals surface area (Å²) in [6.07, 6.45) is 0.816. The summed E-state index contributed by atoms with van der Waals surface area (Å²) in [6, 6.07) is 6.23. The zero-order valence-corrected chi connectivity index (χ0v) is 11.6. The third-order valence-electron chi connectivity index (χ3n) is 2.69. The normalized spacial score (nSPS) is 10.2. The van der Waals surface area contributed by atoms with Gasteiger partial charge in [-0.15, -0.1) is 11.3 Å². The zero-order valence-electron chi connectivity index (χ0n) is 10.7. The number of methoxy groups -OCH3 is 1. The predicted octanol–water partition coefficient (Wildman–Crippen LogP) is 2.82. The minimum absolute atomic E-state index is 0.0521. The van der Waals surface area contributed by atoms with Gasteiger partial charge in [-0.05, 0) is 12.1 Å². The summed E-state index contributed by atoms with van der Waals surface area (Å²) in [6.45, 7) is 0. The van der Waals surface area contributed by atoms with E-state index in [-0.39, 0.29) is 11.7 Å². The van der Waals surface area contributed by atoms with Crippen LogP contribution in [0.3, 0.4) is 0 Å². The van der Waals surface area contributed by atoms with Crippen molar-refractivity contribution in [3.8, 4) is 10.6 Å². The van der Waals surface area contributed by atoms with E-state index < -0.39 is 4.92 Å². The maximum atomic E-state index is 11.1. The van der Waals surface area contributed by atoms with Crippen LogP contribution in [0.15, 0.2) is 29.6 Å². The monoisotopic (exact) mass is 292 g/mol. The molecule has 0 fully saturated rings. The lowest BCUT2D eigenvalue weighted by Crippen LogP contribution is -2.01. The first-order valence-corrected chi connectivity index (χ1v) is 6.74. The van der Waals surface area contributed by atoms with Gasteiger partial charge in [-0.1, -0.05) is 0 Å². The molecular formula is C13H12N2O4S. The lowest BCUT2D eigenvalue weighted by atomic mass is 10.2. The molecule has 20 heavy (non-hydrogen) atoms. The highest BCUT2D eigenvalue weighted by atomic mass is 32.1. The molecule has 2 rings (SSSR count). The average Bonchev–Trinajstić information content (AvgIpc) is 2.93. The van der Waals surface area contributed by atoms with Crippen LogP contribution < -0.4 is 0 Å². The van der Waals surface area contributed by atoms with E-state index in [1.807, 2.05) is 5.38 Å². The zero-order chi connectivity index (χ0) is 14.5. The van der Waals surface area contributed by atoms with E-state index in [0.717, 1.165) is 16.3 Å². The Hall–Kier alpha value is -2.28. The van der Waals surface area contributed by atoms with Crippen LogP contribution in [0, 0.1) is 10.1 Å². The molecule has 0 aliphatic carbocycles.